The highest BCUT2D eigenvalue weighted by Gasteiger charge is 2.37. The first-order valence-electron chi connectivity index (χ1n) is 6.26. The van der Waals surface area contributed by atoms with Crippen LogP contribution in [0.25, 0.3) is 0 Å². The van der Waals surface area contributed by atoms with E-state index in [1.807, 2.05) is 31.0 Å². The molecule has 20 heavy (non-hydrogen) atoms. The molecule has 0 saturated carbocycles. The van der Waals surface area contributed by atoms with E-state index < -0.39 is 10.0 Å². The smallest absolute Gasteiger partial charge is 0.242 e. The summed E-state index contributed by atoms with van der Waals surface area (Å²) in [6.07, 6.45) is 0. The molecule has 1 unspecified atom stereocenters. The van der Waals surface area contributed by atoms with Crippen molar-refractivity contribution in [2.24, 2.45) is 10.7 Å². The van der Waals surface area contributed by atoms with E-state index in [1.165, 1.54) is 18.4 Å². The molecule has 0 spiro atoms. The average Bonchev–Trinajstić information content (AvgIpc) is 2.68. The SMILES string of the molecule is CN1C(N)=NCC1(C)c1ccc(S(=O)(=O)N(C)C)cc1. The molecule has 1 aliphatic rings. The molecule has 1 heterocycles. The third-order valence-electron chi connectivity index (χ3n) is 3.89. The lowest BCUT2D eigenvalue weighted by molar-refractivity contribution is 0.267. The molecule has 0 bridgehead atoms. The van der Waals surface area contributed by atoms with E-state index in [9.17, 15) is 8.42 Å². The third-order valence-corrected chi connectivity index (χ3v) is 5.72. The summed E-state index contributed by atoms with van der Waals surface area (Å²) in [5, 5.41) is 0. The van der Waals surface area contributed by atoms with Gasteiger partial charge in [-0.05, 0) is 24.6 Å². The van der Waals surface area contributed by atoms with Gasteiger partial charge in [-0.15, -0.1) is 0 Å². The first-order valence-corrected chi connectivity index (χ1v) is 7.70. The van der Waals surface area contributed by atoms with Gasteiger partial charge in [-0.2, -0.15) is 0 Å². The Morgan fingerprint density at radius 1 is 1.30 bits per heavy atom. The van der Waals surface area contributed by atoms with Gasteiger partial charge < -0.3 is 10.6 Å². The summed E-state index contributed by atoms with van der Waals surface area (Å²) in [6.45, 7) is 2.60. The Kier molecular flexibility index (Phi) is 3.51. The molecule has 2 rings (SSSR count). The monoisotopic (exact) mass is 296 g/mol. The zero-order valence-corrected chi connectivity index (χ0v) is 13.0. The molecule has 7 heteroatoms. The molecule has 1 aromatic rings. The Bertz CT molecular complexity index is 637. The van der Waals surface area contributed by atoms with Crippen molar-refractivity contribution in [3.63, 3.8) is 0 Å². The van der Waals surface area contributed by atoms with Crippen molar-refractivity contribution in [2.45, 2.75) is 17.4 Å². The van der Waals surface area contributed by atoms with Crippen molar-refractivity contribution in [1.29, 1.82) is 0 Å². The lowest BCUT2D eigenvalue weighted by Crippen LogP contribution is -2.44. The number of aliphatic imine (C=N–C) groups is 1. The van der Waals surface area contributed by atoms with Crippen molar-refractivity contribution in [1.82, 2.24) is 9.21 Å². The van der Waals surface area contributed by atoms with Crippen LogP contribution in [0, 0.1) is 0 Å². The van der Waals surface area contributed by atoms with Gasteiger partial charge in [0, 0.05) is 21.1 Å². The molecule has 0 aromatic heterocycles. The minimum Gasteiger partial charge on any atom is -0.370 e. The minimum atomic E-state index is -3.39. The fraction of sp³-hybridized carbons (Fsp3) is 0.462. The van der Waals surface area contributed by atoms with Crippen LogP contribution in [0.2, 0.25) is 0 Å². The quantitative estimate of drug-likeness (QED) is 0.876. The Morgan fingerprint density at radius 2 is 1.85 bits per heavy atom. The zero-order chi connectivity index (χ0) is 15.1. The number of sulfonamides is 1. The second-order valence-corrected chi connectivity index (χ2v) is 7.47. The maximum atomic E-state index is 12.0. The lowest BCUT2D eigenvalue weighted by atomic mass is 9.92. The molecule has 0 radical (unpaired) electrons. The van der Waals surface area contributed by atoms with Crippen LogP contribution in [0.4, 0.5) is 0 Å². The Balaban J connectivity index is 2.35. The minimum absolute atomic E-state index is 0.282. The Morgan fingerprint density at radius 3 is 2.25 bits per heavy atom. The summed E-state index contributed by atoms with van der Waals surface area (Å²) in [4.78, 5) is 6.43. The van der Waals surface area contributed by atoms with Gasteiger partial charge in [-0.25, -0.2) is 12.7 Å². The average molecular weight is 296 g/mol. The maximum Gasteiger partial charge on any atom is 0.242 e. The first kappa shape index (κ1) is 14.8. The van der Waals surface area contributed by atoms with Crippen LogP contribution in [0.15, 0.2) is 34.2 Å². The highest BCUT2D eigenvalue weighted by atomic mass is 32.2. The molecule has 6 nitrogen and oxygen atoms in total. The van der Waals surface area contributed by atoms with E-state index in [0.717, 1.165) is 5.56 Å². The van der Waals surface area contributed by atoms with Gasteiger partial charge in [0.05, 0.1) is 17.0 Å². The van der Waals surface area contributed by atoms with E-state index in [2.05, 4.69) is 4.99 Å². The Hall–Kier alpha value is -1.60. The van der Waals surface area contributed by atoms with Crippen LogP contribution < -0.4 is 5.73 Å². The normalized spacial score (nSPS) is 23.2. The van der Waals surface area contributed by atoms with Crippen LogP contribution in [0.1, 0.15) is 12.5 Å². The topological polar surface area (TPSA) is 79.0 Å². The second kappa shape index (κ2) is 4.75. The second-order valence-electron chi connectivity index (χ2n) is 5.32. The molecule has 0 amide bonds. The standard InChI is InChI=1S/C13H20N4O2S/c1-13(9-15-12(14)17(13)4)10-5-7-11(8-6-10)20(18,19)16(2)3/h5-8H,9H2,1-4H3,(H2,14,15). The summed E-state index contributed by atoms with van der Waals surface area (Å²) in [5.74, 6) is 0.498. The summed E-state index contributed by atoms with van der Waals surface area (Å²) in [6, 6.07) is 6.89. The number of rotatable bonds is 3. The van der Waals surface area contributed by atoms with Gasteiger partial charge in [-0.3, -0.25) is 4.99 Å². The zero-order valence-electron chi connectivity index (χ0n) is 12.2. The molecule has 1 atom stereocenters. The molecular formula is C13H20N4O2S. The van der Waals surface area contributed by atoms with Gasteiger partial charge in [-0.1, -0.05) is 12.1 Å². The predicted molar refractivity (Wildman–Crippen MR) is 78.9 cm³/mol. The summed E-state index contributed by atoms with van der Waals surface area (Å²) < 4.78 is 25.3. The third kappa shape index (κ3) is 2.16. The molecule has 0 fully saturated rings. The van der Waals surface area contributed by atoms with E-state index >= 15 is 0 Å². The van der Waals surface area contributed by atoms with Crippen LogP contribution in [0.5, 0.6) is 0 Å². The van der Waals surface area contributed by atoms with Crippen molar-refractivity contribution in [2.75, 3.05) is 27.7 Å². The fourth-order valence-corrected chi connectivity index (χ4v) is 3.08. The summed E-state index contributed by atoms with van der Waals surface area (Å²) in [5.41, 5.74) is 6.46. The number of guanidine groups is 1. The summed E-state index contributed by atoms with van der Waals surface area (Å²) in [7, 11) is 1.53. The molecule has 0 saturated heterocycles. The molecule has 110 valence electrons. The van der Waals surface area contributed by atoms with Crippen molar-refractivity contribution < 1.29 is 8.42 Å². The molecule has 1 aliphatic heterocycles. The summed E-state index contributed by atoms with van der Waals surface area (Å²) >= 11 is 0. The maximum absolute atomic E-state index is 12.0. The highest BCUT2D eigenvalue weighted by molar-refractivity contribution is 7.89. The van der Waals surface area contributed by atoms with Gasteiger partial charge in [0.15, 0.2) is 5.96 Å². The number of nitrogens with two attached hydrogens (primary N) is 1. The van der Waals surface area contributed by atoms with E-state index in [1.54, 1.807) is 12.1 Å². The highest BCUT2D eigenvalue weighted by Crippen LogP contribution is 2.31. The van der Waals surface area contributed by atoms with Crippen LogP contribution in [-0.2, 0) is 15.6 Å². The fourth-order valence-electron chi connectivity index (χ4n) is 2.18. The van der Waals surface area contributed by atoms with Gasteiger partial charge >= 0.3 is 0 Å². The van der Waals surface area contributed by atoms with Crippen molar-refractivity contribution in [3.8, 4) is 0 Å². The van der Waals surface area contributed by atoms with Crippen molar-refractivity contribution >= 4 is 16.0 Å². The van der Waals surface area contributed by atoms with Gasteiger partial charge in [0.1, 0.15) is 0 Å². The first-order chi connectivity index (χ1) is 9.19. The predicted octanol–water partition coefficient (Wildman–Crippen LogP) is 0.412. The molecular weight excluding hydrogens is 276 g/mol. The van der Waals surface area contributed by atoms with Gasteiger partial charge in [0.25, 0.3) is 0 Å². The number of benzene rings is 1. The molecule has 0 aliphatic carbocycles. The molecule has 1 aromatic carbocycles. The van der Waals surface area contributed by atoms with Crippen LogP contribution in [0.3, 0.4) is 0 Å². The number of hydrogen-bond donors (Lipinski definition) is 1. The van der Waals surface area contributed by atoms with E-state index in [0.29, 0.717) is 12.5 Å². The number of hydrogen-bond acceptors (Lipinski definition) is 5. The van der Waals surface area contributed by atoms with E-state index in [-0.39, 0.29) is 10.4 Å². The molecule has 2 N–H and O–H groups in total. The van der Waals surface area contributed by atoms with Crippen LogP contribution in [-0.4, -0.2) is 51.3 Å². The van der Waals surface area contributed by atoms with Crippen LogP contribution >= 0.6 is 0 Å². The van der Waals surface area contributed by atoms with Gasteiger partial charge in [0.2, 0.25) is 10.0 Å². The van der Waals surface area contributed by atoms with E-state index in [4.69, 9.17) is 5.73 Å². The number of likely N-dealkylation sites (N-methyl/N-ethyl adjacent to an activating group) is 1. The largest absolute Gasteiger partial charge is 0.370 e. The van der Waals surface area contributed by atoms with Crippen molar-refractivity contribution in [3.05, 3.63) is 29.8 Å². The number of nitrogens with zero attached hydrogens (tertiary/aromatic N) is 3. The lowest BCUT2D eigenvalue weighted by Gasteiger charge is -2.33. The Labute approximate surface area is 119 Å².